The lowest BCUT2D eigenvalue weighted by atomic mass is 10.0. The van der Waals surface area contributed by atoms with Crippen molar-refractivity contribution >= 4 is 29.9 Å². The molecule has 32 heavy (non-hydrogen) atoms. The Kier molecular flexibility index (Phi) is 11.0. The predicted molar refractivity (Wildman–Crippen MR) is 128 cm³/mol. The maximum Gasteiger partial charge on any atom is 0.387 e. The minimum absolute atomic E-state index is 0. The fourth-order valence-electron chi connectivity index (χ4n) is 3.51. The highest BCUT2D eigenvalue weighted by Crippen LogP contribution is 2.22. The van der Waals surface area contributed by atoms with Crippen molar-refractivity contribution in [2.75, 3.05) is 39.9 Å². The van der Waals surface area contributed by atoms with Gasteiger partial charge in [0.05, 0.1) is 19.3 Å². The van der Waals surface area contributed by atoms with E-state index in [-0.39, 0.29) is 48.1 Å². The Balaban J connectivity index is 0.00000363. The van der Waals surface area contributed by atoms with Crippen molar-refractivity contribution in [1.29, 1.82) is 0 Å². The third kappa shape index (κ3) is 7.82. The molecule has 1 aliphatic heterocycles. The Hall–Kier alpha value is -2.05. The average Bonchev–Trinajstić information content (AvgIpc) is 2.77. The molecule has 0 saturated carbocycles. The minimum Gasteiger partial charge on any atom is -0.434 e. The van der Waals surface area contributed by atoms with Gasteiger partial charge in [0.15, 0.2) is 5.96 Å². The van der Waals surface area contributed by atoms with Crippen molar-refractivity contribution < 1.29 is 22.6 Å². The highest BCUT2D eigenvalue weighted by atomic mass is 127. The SMILES string of the molecule is CN=C(NCc1ccccc1OC(F)F)NCC(c1cccc(F)c1)N1CCOCC1.I. The molecule has 1 aliphatic rings. The van der Waals surface area contributed by atoms with Gasteiger partial charge in [-0.3, -0.25) is 9.89 Å². The molecule has 0 radical (unpaired) electrons. The molecule has 3 rings (SSSR count). The van der Waals surface area contributed by atoms with Gasteiger partial charge in [-0.15, -0.1) is 24.0 Å². The zero-order valence-corrected chi connectivity index (χ0v) is 20.1. The molecule has 0 aromatic heterocycles. The molecule has 10 heteroatoms. The highest BCUT2D eigenvalue weighted by molar-refractivity contribution is 14.0. The molecular weight excluding hydrogens is 536 g/mol. The van der Waals surface area contributed by atoms with E-state index in [1.807, 2.05) is 6.07 Å². The lowest BCUT2D eigenvalue weighted by Gasteiger charge is -2.35. The average molecular weight is 564 g/mol. The highest BCUT2D eigenvalue weighted by Gasteiger charge is 2.23. The van der Waals surface area contributed by atoms with E-state index in [1.165, 1.54) is 18.2 Å². The molecule has 1 fully saturated rings. The molecule has 1 atom stereocenters. The zero-order valence-electron chi connectivity index (χ0n) is 17.8. The Morgan fingerprint density at radius 2 is 1.88 bits per heavy atom. The zero-order chi connectivity index (χ0) is 22.1. The Labute approximate surface area is 203 Å². The molecule has 0 aliphatic carbocycles. The first-order chi connectivity index (χ1) is 15.1. The van der Waals surface area contributed by atoms with Crippen molar-refractivity contribution in [3.8, 4) is 5.75 Å². The second kappa shape index (κ2) is 13.5. The summed E-state index contributed by atoms with van der Waals surface area (Å²) in [7, 11) is 1.63. The first-order valence-corrected chi connectivity index (χ1v) is 10.1. The molecule has 1 unspecified atom stereocenters. The lowest BCUT2D eigenvalue weighted by molar-refractivity contribution is -0.0504. The van der Waals surface area contributed by atoms with Crippen LogP contribution in [0.5, 0.6) is 5.75 Å². The first-order valence-electron chi connectivity index (χ1n) is 10.1. The lowest BCUT2D eigenvalue weighted by Crippen LogP contribution is -2.46. The quantitative estimate of drug-likeness (QED) is 0.291. The van der Waals surface area contributed by atoms with Crippen LogP contribution in [0.4, 0.5) is 13.2 Å². The van der Waals surface area contributed by atoms with Crippen LogP contribution in [0.25, 0.3) is 0 Å². The van der Waals surface area contributed by atoms with Gasteiger partial charge in [0.1, 0.15) is 11.6 Å². The van der Waals surface area contributed by atoms with Gasteiger partial charge in [0, 0.05) is 38.8 Å². The Morgan fingerprint density at radius 1 is 1.12 bits per heavy atom. The minimum atomic E-state index is -2.89. The predicted octanol–water partition coefficient (Wildman–Crippen LogP) is 3.78. The number of aliphatic imine (C=N–C) groups is 1. The van der Waals surface area contributed by atoms with Gasteiger partial charge >= 0.3 is 6.61 Å². The normalized spacial score (nSPS) is 15.7. The summed E-state index contributed by atoms with van der Waals surface area (Å²) < 4.78 is 49.1. The fourth-order valence-corrected chi connectivity index (χ4v) is 3.51. The van der Waals surface area contributed by atoms with Crippen LogP contribution in [0.3, 0.4) is 0 Å². The molecular formula is C22H28F3IN4O2. The molecule has 0 amide bonds. The molecule has 2 aromatic carbocycles. The Bertz CT molecular complexity index is 867. The number of benzene rings is 2. The topological polar surface area (TPSA) is 58.1 Å². The maximum absolute atomic E-state index is 13.8. The largest absolute Gasteiger partial charge is 0.434 e. The fraction of sp³-hybridized carbons (Fsp3) is 0.409. The van der Waals surface area contributed by atoms with Crippen molar-refractivity contribution in [3.05, 3.63) is 65.5 Å². The number of hydrogen-bond donors (Lipinski definition) is 2. The third-order valence-electron chi connectivity index (χ3n) is 5.04. The van der Waals surface area contributed by atoms with Crippen molar-refractivity contribution in [1.82, 2.24) is 15.5 Å². The number of para-hydroxylation sites is 1. The van der Waals surface area contributed by atoms with Crippen LogP contribution in [0.15, 0.2) is 53.5 Å². The third-order valence-corrected chi connectivity index (χ3v) is 5.04. The van der Waals surface area contributed by atoms with Crippen LogP contribution >= 0.6 is 24.0 Å². The summed E-state index contributed by atoms with van der Waals surface area (Å²) in [6, 6.07) is 13.1. The van der Waals surface area contributed by atoms with Crippen LogP contribution in [-0.4, -0.2) is 57.4 Å². The van der Waals surface area contributed by atoms with E-state index < -0.39 is 6.61 Å². The smallest absolute Gasteiger partial charge is 0.387 e. The van der Waals surface area contributed by atoms with E-state index in [4.69, 9.17) is 4.74 Å². The maximum atomic E-state index is 13.8. The number of ether oxygens (including phenoxy) is 2. The summed E-state index contributed by atoms with van der Waals surface area (Å²) in [5.74, 6) is 0.335. The van der Waals surface area contributed by atoms with E-state index in [2.05, 4.69) is 25.3 Å². The molecule has 2 N–H and O–H groups in total. The van der Waals surface area contributed by atoms with Gasteiger partial charge in [-0.2, -0.15) is 8.78 Å². The van der Waals surface area contributed by atoms with Crippen LogP contribution in [-0.2, 0) is 11.3 Å². The molecule has 2 aromatic rings. The number of guanidine groups is 1. The molecule has 0 bridgehead atoms. The van der Waals surface area contributed by atoms with Gasteiger partial charge in [-0.25, -0.2) is 4.39 Å². The second-order valence-corrected chi connectivity index (χ2v) is 7.01. The number of morpholine rings is 1. The van der Waals surface area contributed by atoms with Gasteiger partial charge in [0.25, 0.3) is 0 Å². The van der Waals surface area contributed by atoms with Gasteiger partial charge < -0.3 is 20.1 Å². The van der Waals surface area contributed by atoms with Crippen LogP contribution in [0.2, 0.25) is 0 Å². The molecule has 176 valence electrons. The Morgan fingerprint density at radius 3 is 2.56 bits per heavy atom. The van der Waals surface area contributed by atoms with Crippen LogP contribution in [0, 0.1) is 5.82 Å². The van der Waals surface area contributed by atoms with Gasteiger partial charge in [-0.05, 0) is 23.8 Å². The molecule has 1 saturated heterocycles. The van der Waals surface area contributed by atoms with Crippen LogP contribution in [0.1, 0.15) is 17.2 Å². The number of nitrogens with zero attached hydrogens (tertiary/aromatic N) is 2. The van der Waals surface area contributed by atoms with Crippen LogP contribution < -0.4 is 15.4 Å². The van der Waals surface area contributed by atoms with E-state index in [0.29, 0.717) is 31.3 Å². The second-order valence-electron chi connectivity index (χ2n) is 7.01. The van der Waals surface area contributed by atoms with Gasteiger partial charge in [0.2, 0.25) is 0 Å². The summed E-state index contributed by atoms with van der Waals surface area (Å²) in [6.07, 6.45) is 0. The van der Waals surface area contributed by atoms with E-state index in [9.17, 15) is 13.2 Å². The van der Waals surface area contributed by atoms with Crippen molar-refractivity contribution in [2.45, 2.75) is 19.2 Å². The number of rotatable bonds is 8. The standard InChI is InChI=1S/C22H27F3N4O2.HI/c1-26-22(27-14-17-5-2-3-8-20(17)31-21(24)25)28-15-19(29-9-11-30-12-10-29)16-6-4-7-18(23)13-16;/h2-8,13,19,21H,9-12,14-15H2,1H3,(H2,26,27,28);1H. The monoisotopic (exact) mass is 564 g/mol. The summed E-state index contributed by atoms with van der Waals surface area (Å²) in [5.41, 5.74) is 1.45. The van der Waals surface area contributed by atoms with Crippen molar-refractivity contribution in [2.24, 2.45) is 4.99 Å². The number of nitrogens with one attached hydrogen (secondary N) is 2. The first kappa shape index (κ1) is 26.2. The summed E-state index contributed by atoms with van der Waals surface area (Å²) in [6.45, 7) is 0.585. The number of halogens is 4. The summed E-state index contributed by atoms with van der Waals surface area (Å²) in [5, 5.41) is 6.38. The van der Waals surface area contributed by atoms with Gasteiger partial charge in [-0.1, -0.05) is 30.3 Å². The number of hydrogen-bond acceptors (Lipinski definition) is 4. The van der Waals surface area contributed by atoms with E-state index in [0.717, 1.165) is 18.7 Å². The van der Waals surface area contributed by atoms with Crippen molar-refractivity contribution in [3.63, 3.8) is 0 Å². The summed E-state index contributed by atoms with van der Waals surface area (Å²) in [4.78, 5) is 6.45. The molecule has 6 nitrogen and oxygen atoms in total. The molecule has 1 heterocycles. The number of alkyl halides is 2. The van der Waals surface area contributed by atoms with E-state index >= 15 is 0 Å². The van der Waals surface area contributed by atoms with E-state index in [1.54, 1.807) is 31.3 Å². The summed E-state index contributed by atoms with van der Waals surface area (Å²) >= 11 is 0. The molecule has 0 spiro atoms.